The topological polar surface area (TPSA) is 74.7 Å². The smallest absolute Gasteiger partial charge is 0.335 e. The predicted molar refractivity (Wildman–Crippen MR) is 80.4 cm³/mol. The van der Waals surface area contributed by atoms with Gasteiger partial charge in [-0.2, -0.15) is 0 Å². The molecule has 0 radical (unpaired) electrons. The first-order chi connectivity index (χ1) is 10.4. The van der Waals surface area contributed by atoms with E-state index in [2.05, 4.69) is 6.08 Å². The number of hydrogen-bond acceptors (Lipinski definition) is 3. The number of carboxylic acid groups (broad SMARTS) is 1. The van der Waals surface area contributed by atoms with E-state index in [1.54, 1.807) is 0 Å². The second kappa shape index (κ2) is 5.09. The highest BCUT2D eigenvalue weighted by atomic mass is 16.4. The van der Waals surface area contributed by atoms with Crippen molar-refractivity contribution in [3.8, 4) is 0 Å². The lowest BCUT2D eigenvalue weighted by Crippen LogP contribution is -2.31. The van der Waals surface area contributed by atoms with Crippen LogP contribution in [-0.4, -0.2) is 22.9 Å². The second-order valence-corrected chi connectivity index (χ2v) is 6.07. The van der Waals surface area contributed by atoms with E-state index >= 15 is 0 Å². The Bertz CT molecular complexity index is 689. The Morgan fingerprint density at radius 2 is 1.82 bits per heavy atom. The normalized spacial score (nSPS) is 27.6. The first-order valence-electron chi connectivity index (χ1n) is 7.28. The number of anilines is 1. The zero-order valence-corrected chi connectivity index (χ0v) is 12.4. The molecule has 1 fully saturated rings. The molecule has 1 saturated heterocycles. The molecule has 0 spiro atoms. The van der Waals surface area contributed by atoms with Gasteiger partial charge in [0.25, 0.3) is 0 Å². The molecule has 1 aromatic rings. The van der Waals surface area contributed by atoms with Crippen LogP contribution in [0.2, 0.25) is 0 Å². The van der Waals surface area contributed by atoms with E-state index in [1.807, 2.05) is 13.8 Å². The van der Waals surface area contributed by atoms with Gasteiger partial charge in [-0.25, -0.2) is 4.79 Å². The minimum absolute atomic E-state index is 0.0403. The van der Waals surface area contributed by atoms with Crippen molar-refractivity contribution in [2.45, 2.75) is 20.3 Å². The number of benzene rings is 1. The summed E-state index contributed by atoms with van der Waals surface area (Å²) < 4.78 is 0. The summed E-state index contributed by atoms with van der Waals surface area (Å²) in [6.45, 7) is 3.94. The van der Waals surface area contributed by atoms with Gasteiger partial charge in [0.2, 0.25) is 11.8 Å². The van der Waals surface area contributed by atoms with Gasteiger partial charge in [-0.05, 0) is 43.5 Å². The summed E-state index contributed by atoms with van der Waals surface area (Å²) in [6, 6.07) is 5.85. The van der Waals surface area contributed by atoms with E-state index in [-0.39, 0.29) is 35.1 Å². The van der Waals surface area contributed by atoms with Crippen LogP contribution in [0, 0.1) is 17.8 Å². The molecule has 2 aliphatic rings. The van der Waals surface area contributed by atoms with E-state index in [4.69, 9.17) is 5.11 Å². The molecular formula is C17H17NO4. The van der Waals surface area contributed by atoms with Gasteiger partial charge in [-0.1, -0.05) is 18.6 Å². The summed E-state index contributed by atoms with van der Waals surface area (Å²) in [5, 5.41) is 8.92. The van der Waals surface area contributed by atoms with Crippen molar-refractivity contribution in [2.75, 3.05) is 4.90 Å². The van der Waals surface area contributed by atoms with Crippen molar-refractivity contribution in [3.05, 3.63) is 41.5 Å². The molecule has 1 aromatic carbocycles. The fraction of sp³-hybridized carbons (Fsp3) is 0.353. The standard InChI is InChI=1S/C17H17NO4/c1-9-7-10(2)14-13(8-9)15(19)18(16(14)20)12-5-3-11(4-6-12)17(21)22/h3-7,10,13-14H,8H2,1-2H3,(H,21,22). The van der Waals surface area contributed by atoms with Crippen molar-refractivity contribution in [1.29, 1.82) is 0 Å². The van der Waals surface area contributed by atoms with Crippen LogP contribution >= 0.6 is 0 Å². The predicted octanol–water partition coefficient (Wildman–Crippen LogP) is 2.48. The number of imide groups is 1. The molecule has 0 bridgehead atoms. The van der Waals surface area contributed by atoms with Crippen LogP contribution in [0.1, 0.15) is 30.6 Å². The number of aromatic carboxylic acids is 1. The van der Waals surface area contributed by atoms with Crippen LogP contribution in [-0.2, 0) is 9.59 Å². The molecule has 3 rings (SSSR count). The van der Waals surface area contributed by atoms with E-state index < -0.39 is 5.97 Å². The van der Waals surface area contributed by atoms with E-state index in [0.29, 0.717) is 12.1 Å². The van der Waals surface area contributed by atoms with E-state index in [1.165, 1.54) is 29.2 Å². The van der Waals surface area contributed by atoms with E-state index in [0.717, 1.165) is 5.57 Å². The van der Waals surface area contributed by atoms with Gasteiger partial charge in [0.15, 0.2) is 0 Å². The Kier molecular flexibility index (Phi) is 3.35. The fourth-order valence-electron chi connectivity index (χ4n) is 3.53. The van der Waals surface area contributed by atoms with Crippen LogP contribution in [0.5, 0.6) is 0 Å². The van der Waals surface area contributed by atoms with Gasteiger partial charge < -0.3 is 5.11 Å². The summed E-state index contributed by atoms with van der Waals surface area (Å²) in [5.74, 6) is -1.97. The third kappa shape index (κ3) is 2.13. The minimum atomic E-state index is -1.03. The van der Waals surface area contributed by atoms with Gasteiger partial charge in [-0.15, -0.1) is 0 Å². The van der Waals surface area contributed by atoms with Crippen molar-refractivity contribution in [1.82, 2.24) is 0 Å². The number of amides is 2. The maximum atomic E-state index is 12.6. The summed E-state index contributed by atoms with van der Waals surface area (Å²) >= 11 is 0. The third-order valence-corrected chi connectivity index (χ3v) is 4.50. The molecule has 22 heavy (non-hydrogen) atoms. The zero-order valence-electron chi connectivity index (χ0n) is 12.4. The van der Waals surface area contributed by atoms with Gasteiger partial charge >= 0.3 is 5.97 Å². The summed E-state index contributed by atoms with van der Waals surface area (Å²) in [4.78, 5) is 37.4. The number of allylic oxidation sites excluding steroid dienone is 2. The van der Waals surface area contributed by atoms with Gasteiger partial charge in [-0.3, -0.25) is 14.5 Å². The van der Waals surface area contributed by atoms with Crippen molar-refractivity contribution in [2.24, 2.45) is 17.8 Å². The van der Waals surface area contributed by atoms with Gasteiger partial charge in [0, 0.05) is 0 Å². The molecular weight excluding hydrogens is 282 g/mol. The number of carbonyl (C=O) groups excluding carboxylic acids is 2. The van der Waals surface area contributed by atoms with Crippen LogP contribution < -0.4 is 4.90 Å². The monoisotopic (exact) mass is 299 g/mol. The Hall–Kier alpha value is -2.43. The lowest BCUT2D eigenvalue weighted by atomic mass is 9.76. The highest BCUT2D eigenvalue weighted by Crippen LogP contribution is 2.42. The lowest BCUT2D eigenvalue weighted by molar-refractivity contribution is -0.122. The number of carbonyl (C=O) groups is 3. The van der Waals surface area contributed by atoms with E-state index in [9.17, 15) is 14.4 Å². The average Bonchev–Trinajstić information content (AvgIpc) is 2.70. The summed E-state index contributed by atoms with van der Waals surface area (Å²) in [7, 11) is 0. The Morgan fingerprint density at radius 1 is 1.18 bits per heavy atom. The molecule has 1 heterocycles. The molecule has 3 unspecified atom stereocenters. The summed E-state index contributed by atoms with van der Waals surface area (Å²) in [6.07, 6.45) is 2.67. The molecule has 0 aromatic heterocycles. The molecule has 0 saturated carbocycles. The first-order valence-corrected chi connectivity index (χ1v) is 7.28. The van der Waals surface area contributed by atoms with Crippen LogP contribution in [0.3, 0.4) is 0 Å². The number of hydrogen-bond donors (Lipinski definition) is 1. The molecule has 5 heteroatoms. The largest absolute Gasteiger partial charge is 0.478 e. The molecule has 1 aliphatic heterocycles. The Labute approximate surface area is 128 Å². The molecule has 114 valence electrons. The van der Waals surface area contributed by atoms with Crippen molar-refractivity contribution < 1.29 is 19.5 Å². The highest BCUT2D eigenvalue weighted by molar-refractivity contribution is 6.22. The fourth-order valence-corrected chi connectivity index (χ4v) is 3.53. The summed E-state index contributed by atoms with van der Waals surface area (Å²) in [5.41, 5.74) is 1.71. The van der Waals surface area contributed by atoms with Crippen LogP contribution in [0.15, 0.2) is 35.9 Å². The molecule has 3 atom stereocenters. The zero-order chi connectivity index (χ0) is 16.0. The number of nitrogens with zero attached hydrogens (tertiary/aromatic N) is 1. The van der Waals surface area contributed by atoms with Crippen LogP contribution in [0.4, 0.5) is 5.69 Å². The Morgan fingerprint density at radius 3 is 2.41 bits per heavy atom. The molecule has 1 aliphatic carbocycles. The molecule has 2 amide bonds. The second-order valence-electron chi connectivity index (χ2n) is 6.07. The minimum Gasteiger partial charge on any atom is -0.478 e. The quantitative estimate of drug-likeness (QED) is 0.672. The van der Waals surface area contributed by atoms with Crippen molar-refractivity contribution >= 4 is 23.5 Å². The maximum Gasteiger partial charge on any atom is 0.335 e. The molecule has 1 N–H and O–H groups in total. The third-order valence-electron chi connectivity index (χ3n) is 4.50. The number of rotatable bonds is 2. The van der Waals surface area contributed by atoms with Crippen LogP contribution in [0.25, 0.3) is 0 Å². The van der Waals surface area contributed by atoms with Gasteiger partial charge in [0.1, 0.15) is 0 Å². The average molecular weight is 299 g/mol. The maximum absolute atomic E-state index is 12.6. The number of fused-ring (bicyclic) bond motifs is 1. The number of carboxylic acids is 1. The van der Waals surface area contributed by atoms with Crippen molar-refractivity contribution in [3.63, 3.8) is 0 Å². The first kappa shape index (κ1) is 14.5. The Balaban J connectivity index is 1.94. The highest BCUT2D eigenvalue weighted by Gasteiger charge is 2.51. The molecule has 5 nitrogen and oxygen atoms in total. The lowest BCUT2D eigenvalue weighted by Gasteiger charge is -2.25. The SMILES string of the molecule is CC1=CC(C)C2C(=O)N(c3ccc(C(=O)O)cc3)C(=O)C2C1. The van der Waals surface area contributed by atoms with Gasteiger partial charge in [0.05, 0.1) is 23.1 Å².